The number of aromatic nitrogens is 3. The van der Waals surface area contributed by atoms with Crippen molar-refractivity contribution in [2.75, 3.05) is 20.2 Å². The first-order valence-electron chi connectivity index (χ1n) is 7.27. The molecule has 3 heterocycles. The summed E-state index contributed by atoms with van der Waals surface area (Å²) in [5.41, 5.74) is 1.23. The molecule has 0 bridgehead atoms. The molecule has 0 unspecified atom stereocenters. The molecule has 2 aromatic heterocycles. The monoisotopic (exact) mass is 302 g/mol. The third kappa shape index (κ3) is 2.93. The summed E-state index contributed by atoms with van der Waals surface area (Å²) in [5, 5.41) is 11.7. The molecule has 1 aliphatic rings. The predicted octanol–water partition coefficient (Wildman–Crippen LogP) is 1.80. The lowest BCUT2D eigenvalue weighted by Crippen LogP contribution is -2.38. The number of hydrogen-bond acceptors (Lipinski definition) is 6. The first kappa shape index (κ1) is 14.5. The molecule has 0 saturated carbocycles. The maximum absolute atomic E-state index is 12.4. The van der Waals surface area contributed by atoms with Crippen molar-refractivity contribution >= 4 is 5.91 Å². The number of ether oxygens (including phenoxy) is 1. The summed E-state index contributed by atoms with van der Waals surface area (Å²) in [7, 11) is 1.52. The number of hydrogen-bond donors (Lipinski definition) is 0. The average molecular weight is 302 g/mol. The quantitative estimate of drug-likeness (QED) is 0.860. The zero-order valence-corrected chi connectivity index (χ0v) is 12.7. The van der Waals surface area contributed by atoms with E-state index in [1.54, 1.807) is 17.0 Å². The highest BCUT2D eigenvalue weighted by molar-refractivity contribution is 5.92. The number of aryl methyl sites for hydroxylation is 1. The van der Waals surface area contributed by atoms with Gasteiger partial charge in [0.05, 0.1) is 12.8 Å². The van der Waals surface area contributed by atoms with Crippen LogP contribution in [-0.4, -0.2) is 46.4 Å². The van der Waals surface area contributed by atoms with Crippen LogP contribution in [0.15, 0.2) is 22.7 Å². The Hall–Kier alpha value is -2.44. The van der Waals surface area contributed by atoms with Crippen LogP contribution >= 0.6 is 0 Å². The largest absolute Gasteiger partial charge is 0.480 e. The Morgan fingerprint density at radius 1 is 1.32 bits per heavy atom. The van der Waals surface area contributed by atoms with E-state index in [-0.39, 0.29) is 5.91 Å². The van der Waals surface area contributed by atoms with Gasteiger partial charge in [0.1, 0.15) is 5.76 Å². The van der Waals surface area contributed by atoms with Crippen molar-refractivity contribution < 1.29 is 14.1 Å². The summed E-state index contributed by atoms with van der Waals surface area (Å²) in [6, 6.07) is 5.25. The molecule has 1 aliphatic heterocycles. The molecule has 7 heteroatoms. The van der Waals surface area contributed by atoms with Crippen LogP contribution in [0.3, 0.4) is 0 Å². The predicted molar refractivity (Wildman–Crippen MR) is 77.7 cm³/mol. The number of carbonyl (C=O) groups is 1. The lowest BCUT2D eigenvalue weighted by Gasteiger charge is -2.30. The van der Waals surface area contributed by atoms with Gasteiger partial charge >= 0.3 is 0 Å². The Kier molecular flexibility index (Phi) is 4.04. The molecule has 2 aromatic rings. The van der Waals surface area contributed by atoms with Gasteiger partial charge in [0, 0.05) is 31.1 Å². The number of rotatable bonds is 3. The van der Waals surface area contributed by atoms with Crippen molar-refractivity contribution in [2.45, 2.75) is 25.7 Å². The Balaban J connectivity index is 1.61. The second-order valence-corrected chi connectivity index (χ2v) is 5.40. The zero-order valence-electron chi connectivity index (χ0n) is 12.7. The van der Waals surface area contributed by atoms with Crippen molar-refractivity contribution in [3.05, 3.63) is 35.3 Å². The van der Waals surface area contributed by atoms with Gasteiger partial charge in [0.15, 0.2) is 5.69 Å². The Morgan fingerprint density at radius 3 is 2.64 bits per heavy atom. The molecule has 0 aliphatic carbocycles. The van der Waals surface area contributed by atoms with Crippen molar-refractivity contribution in [1.82, 2.24) is 20.3 Å². The van der Waals surface area contributed by atoms with Gasteiger partial charge in [0.2, 0.25) is 5.88 Å². The fourth-order valence-corrected chi connectivity index (χ4v) is 2.65. The van der Waals surface area contributed by atoms with Gasteiger partial charge in [-0.3, -0.25) is 4.79 Å². The second kappa shape index (κ2) is 6.13. The summed E-state index contributed by atoms with van der Waals surface area (Å²) in [6.07, 6.45) is 1.73. The fraction of sp³-hybridized carbons (Fsp3) is 0.467. The van der Waals surface area contributed by atoms with Crippen LogP contribution in [0.1, 0.15) is 40.7 Å². The summed E-state index contributed by atoms with van der Waals surface area (Å²) < 4.78 is 10.3. The topological polar surface area (TPSA) is 81.4 Å². The number of piperidine rings is 1. The molecule has 0 radical (unpaired) electrons. The van der Waals surface area contributed by atoms with Gasteiger partial charge in [-0.2, -0.15) is 0 Å². The maximum Gasteiger partial charge on any atom is 0.274 e. The molecule has 0 atom stereocenters. The van der Waals surface area contributed by atoms with Gasteiger partial charge in [0.25, 0.3) is 5.91 Å². The molecule has 7 nitrogen and oxygen atoms in total. The minimum atomic E-state index is -0.0950. The highest BCUT2D eigenvalue weighted by Gasteiger charge is 2.27. The third-order valence-corrected chi connectivity index (χ3v) is 3.90. The summed E-state index contributed by atoms with van der Waals surface area (Å²) in [5.74, 6) is 1.54. The first-order valence-corrected chi connectivity index (χ1v) is 7.27. The normalized spacial score (nSPS) is 15.8. The highest BCUT2D eigenvalue weighted by Crippen LogP contribution is 2.28. The van der Waals surface area contributed by atoms with Crippen LogP contribution in [0.25, 0.3) is 0 Å². The number of carbonyl (C=O) groups excluding carboxylic acids is 1. The number of methoxy groups -OCH3 is 1. The Labute approximate surface area is 128 Å². The number of nitrogens with zero attached hydrogens (tertiary/aromatic N) is 4. The summed E-state index contributed by atoms with van der Waals surface area (Å²) in [6.45, 7) is 3.27. The summed E-state index contributed by atoms with van der Waals surface area (Å²) in [4.78, 5) is 14.2. The molecule has 1 amide bonds. The molecule has 0 spiro atoms. The van der Waals surface area contributed by atoms with E-state index in [9.17, 15) is 4.79 Å². The van der Waals surface area contributed by atoms with Gasteiger partial charge < -0.3 is 14.2 Å². The maximum atomic E-state index is 12.4. The molecule has 1 fully saturated rings. The van der Waals surface area contributed by atoms with Crippen LogP contribution < -0.4 is 4.74 Å². The average Bonchev–Trinajstić information content (AvgIpc) is 3.01. The molecule has 0 aromatic carbocycles. The molecular formula is C15H18N4O3. The minimum absolute atomic E-state index is 0.0950. The van der Waals surface area contributed by atoms with Crippen molar-refractivity contribution in [3.63, 3.8) is 0 Å². The third-order valence-electron chi connectivity index (χ3n) is 3.90. The van der Waals surface area contributed by atoms with E-state index < -0.39 is 0 Å². The summed E-state index contributed by atoms with van der Waals surface area (Å²) >= 11 is 0. The van der Waals surface area contributed by atoms with Crippen molar-refractivity contribution in [2.24, 2.45) is 0 Å². The van der Waals surface area contributed by atoms with Gasteiger partial charge in [-0.25, -0.2) is 0 Å². The lowest BCUT2D eigenvalue weighted by molar-refractivity contribution is 0.0698. The van der Waals surface area contributed by atoms with E-state index in [1.165, 1.54) is 7.11 Å². The van der Waals surface area contributed by atoms with E-state index in [0.717, 1.165) is 24.3 Å². The van der Waals surface area contributed by atoms with Crippen LogP contribution in [0.4, 0.5) is 0 Å². The molecule has 22 heavy (non-hydrogen) atoms. The van der Waals surface area contributed by atoms with E-state index in [4.69, 9.17) is 9.26 Å². The SMILES string of the molecule is COc1ccc(C(=O)N2CCC(c3cc(C)no3)CC2)nn1. The molecular weight excluding hydrogens is 284 g/mol. The lowest BCUT2D eigenvalue weighted by atomic mass is 9.94. The van der Waals surface area contributed by atoms with Crippen LogP contribution in [-0.2, 0) is 0 Å². The van der Waals surface area contributed by atoms with Crippen LogP contribution in [0, 0.1) is 6.92 Å². The fourth-order valence-electron chi connectivity index (χ4n) is 2.65. The standard InChI is InChI=1S/C15H18N4O3/c1-10-9-13(22-18-10)11-5-7-19(8-6-11)15(20)12-3-4-14(21-2)17-16-12/h3-4,9,11H,5-8H2,1-2H3. The van der Waals surface area contributed by atoms with Gasteiger partial charge in [-0.15, -0.1) is 10.2 Å². The molecule has 3 rings (SSSR count). The van der Waals surface area contributed by atoms with E-state index in [2.05, 4.69) is 15.4 Å². The smallest absolute Gasteiger partial charge is 0.274 e. The van der Waals surface area contributed by atoms with E-state index in [0.29, 0.717) is 30.6 Å². The van der Waals surface area contributed by atoms with E-state index in [1.807, 2.05) is 13.0 Å². The van der Waals surface area contributed by atoms with Crippen molar-refractivity contribution in [1.29, 1.82) is 0 Å². The van der Waals surface area contributed by atoms with Crippen LogP contribution in [0.2, 0.25) is 0 Å². The zero-order chi connectivity index (χ0) is 15.5. The molecule has 0 N–H and O–H groups in total. The van der Waals surface area contributed by atoms with Gasteiger partial charge in [-0.05, 0) is 25.8 Å². The van der Waals surface area contributed by atoms with Crippen LogP contribution in [0.5, 0.6) is 5.88 Å². The van der Waals surface area contributed by atoms with Crippen molar-refractivity contribution in [3.8, 4) is 5.88 Å². The van der Waals surface area contributed by atoms with Gasteiger partial charge in [-0.1, -0.05) is 5.16 Å². The van der Waals surface area contributed by atoms with E-state index >= 15 is 0 Å². The first-order chi connectivity index (χ1) is 10.7. The number of likely N-dealkylation sites (tertiary alicyclic amines) is 1. The Bertz CT molecular complexity index is 645. The molecule has 1 saturated heterocycles. The number of amides is 1. The Morgan fingerprint density at radius 2 is 2.09 bits per heavy atom. The highest BCUT2D eigenvalue weighted by atomic mass is 16.5. The second-order valence-electron chi connectivity index (χ2n) is 5.40. The molecule has 116 valence electrons. The minimum Gasteiger partial charge on any atom is -0.480 e.